The summed E-state index contributed by atoms with van der Waals surface area (Å²) in [6, 6.07) is 11.5. The number of aryl methyl sites for hydroxylation is 1. The molecule has 3 rings (SSSR count). The number of nitro benzene ring substituents is 1. The zero-order valence-corrected chi connectivity index (χ0v) is 14.5. The van der Waals surface area contributed by atoms with Crippen LogP contribution in [0.2, 0.25) is 0 Å². The van der Waals surface area contributed by atoms with Crippen molar-refractivity contribution in [1.29, 1.82) is 0 Å². The number of nitro groups is 1. The third-order valence-electron chi connectivity index (χ3n) is 4.04. The Hall–Kier alpha value is -3.06. The highest BCUT2D eigenvalue weighted by atomic mass is 19.1. The number of hydrogen-bond acceptors (Lipinski definition) is 5. The summed E-state index contributed by atoms with van der Waals surface area (Å²) in [4.78, 5) is 15.1. The lowest BCUT2D eigenvalue weighted by atomic mass is 10.1. The van der Waals surface area contributed by atoms with Crippen molar-refractivity contribution in [2.75, 3.05) is 12.4 Å². The number of aromatic nitrogens is 1. The lowest BCUT2D eigenvalue weighted by Crippen LogP contribution is -2.04. The Morgan fingerprint density at radius 1 is 1.27 bits per heavy atom. The van der Waals surface area contributed by atoms with E-state index in [1.54, 1.807) is 31.2 Å². The summed E-state index contributed by atoms with van der Waals surface area (Å²) in [6.07, 6.45) is 0. The minimum atomic E-state index is -0.435. The van der Waals surface area contributed by atoms with E-state index in [1.165, 1.54) is 19.2 Å². The molecule has 2 aromatic carbocycles. The van der Waals surface area contributed by atoms with Crippen molar-refractivity contribution in [1.82, 2.24) is 4.98 Å². The van der Waals surface area contributed by atoms with E-state index in [2.05, 4.69) is 10.3 Å². The number of hydrogen-bond donors (Lipinski definition) is 1. The van der Waals surface area contributed by atoms with Gasteiger partial charge in [0.05, 0.1) is 11.5 Å². The monoisotopic (exact) mass is 355 g/mol. The van der Waals surface area contributed by atoms with Crippen molar-refractivity contribution in [3.05, 3.63) is 75.2 Å². The van der Waals surface area contributed by atoms with Gasteiger partial charge in [-0.15, -0.1) is 0 Å². The highest BCUT2D eigenvalue weighted by Gasteiger charge is 2.15. The highest BCUT2D eigenvalue weighted by molar-refractivity contribution is 5.96. The summed E-state index contributed by atoms with van der Waals surface area (Å²) in [5.74, 6) is -0.309. The Bertz CT molecular complexity index is 976. The Kier molecular flexibility index (Phi) is 5.09. The average molecular weight is 355 g/mol. The normalized spacial score (nSPS) is 10.9. The number of halogens is 1. The lowest BCUT2D eigenvalue weighted by Gasteiger charge is -2.12. The molecule has 1 N–H and O–H groups in total. The fraction of sp³-hybridized carbons (Fsp3) is 0.211. The van der Waals surface area contributed by atoms with Gasteiger partial charge in [-0.3, -0.25) is 10.1 Å². The first kappa shape index (κ1) is 17.8. The number of nitrogens with zero attached hydrogens (tertiary/aromatic N) is 2. The van der Waals surface area contributed by atoms with E-state index in [4.69, 9.17) is 4.74 Å². The SMILES string of the molecule is COCc1cc(CNc2cc(C)nc3c([N+](=O)[O-])cccc23)ccc1F. The van der Waals surface area contributed by atoms with Gasteiger partial charge in [-0.05, 0) is 30.7 Å². The molecule has 0 aliphatic heterocycles. The number of fused-ring (bicyclic) bond motifs is 1. The molecule has 134 valence electrons. The fourth-order valence-electron chi connectivity index (χ4n) is 2.86. The van der Waals surface area contributed by atoms with Crippen molar-refractivity contribution in [3.63, 3.8) is 0 Å². The van der Waals surface area contributed by atoms with Crippen molar-refractivity contribution in [2.45, 2.75) is 20.1 Å². The molecule has 0 radical (unpaired) electrons. The molecule has 0 spiro atoms. The maximum absolute atomic E-state index is 13.7. The summed E-state index contributed by atoms with van der Waals surface area (Å²) in [6.45, 7) is 2.43. The van der Waals surface area contributed by atoms with Gasteiger partial charge >= 0.3 is 0 Å². The van der Waals surface area contributed by atoms with Crippen molar-refractivity contribution in [2.24, 2.45) is 0 Å². The van der Waals surface area contributed by atoms with Gasteiger partial charge in [0.25, 0.3) is 5.69 Å². The predicted molar refractivity (Wildman–Crippen MR) is 97.6 cm³/mol. The molecule has 7 heteroatoms. The van der Waals surface area contributed by atoms with Crippen LogP contribution < -0.4 is 5.32 Å². The molecule has 1 heterocycles. The predicted octanol–water partition coefficient (Wildman–Crippen LogP) is 4.35. The van der Waals surface area contributed by atoms with Crippen LogP contribution in [0, 0.1) is 22.9 Å². The number of para-hydroxylation sites is 1. The van der Waals surface area contributed by atoms with Crippen LogP contribution in [0.1, 0.15) is 16.8 Å². The molecule has 0 fully saturated rings. The molecular weight excluding hydrogens is 337 g/mol. The maximum Gasteiger partial charge on any atom is 0.295 e. The van der Waals surface area contributed by atoms with Gasteiger partial charge in [-0.2, -0.15) is 0 Å². The summed E-state index contributed by atoms with van der Waals surface area (Å²) in [5, 5.41) is 15.2. The third kappa shape index (κ3) is 3.62. The Balaban J connectivity index is 1.93. The molecule has 6 nitrogen and oxygen atoms in total. The highest BCUT2D eigenvalue weighted by Crippen LogP contribution is 2.30. The topological polar surface area (TPSA) is 77.3 Å². The third-order valence-corrected chi connectivity index (χ3v) is 4.04. The minimum Gasteiger partial charge on any atom is -0.380 e. The van der Waals surface area contributed by atoms with Crippen LogP contribution in [0.15, 0.2) is 42.5 Å². The first-order valence-corrected chi connectivity index (χ1v) is 8.04. The number of benzene rings is 2. The Morgan fingerprint density at radius 3 is 2.81 bits per heavy atom. The van der Waals surface area contributed by atoms with E-state index in [0.717, 1.165) is 11.3 Å². The number of methoxy groups -OCH3 is 1. The minimum absolute atomic E-state index is 0.0292. The summed E-state index contributed by atoms with van der Waals surface area (Å²) in [7, 11) is 1.52. The molecule has 26 heavy (non-hydrogen) atoms. The van der Waals surface area contributed by atoms with Crippen LogP contribution in [0.3, 0.4) is 0 Å². The summed E-state index contributed by atoms with van der Waals surface area (Å²) < 4.78 is 18.7. The number of ether oxygens (including phenoxy) is 1. The molecule has 0 bridgehead atoms. The van der Waals surface area contributed by atoms with Gasteiger partial charge in [0.15, 0.2) is 5.52 Å². The summed E-state index contributed by atoms with van der Waals surface area (Å²) >= 11 is 0. The van der Waals surface area contributed by atoms with Crippen molar-refractivity contribution < 1.29 is 14.1 Å². The Labute approximate surface area is 149 Å². The van der Waals surface area contributed by atoms with Gasteiger partial charge in [0, 0.05) is 42.1 Å². The first-order chi connectivity index (χ1) is 12.5. The molecule has 3 aromatic rings. The number of rotatable bonds is 6. The largest absolute Gasteiger partial charge is 0.380 e. The Morgan fingerprint density at radius 2 is 2.08 bits per heavy atom. The number of non-ortho nitro benzene ring substituents is 1. The zero-order chi connectivity index (χ0) is 18.7. The fourth-order valence-corrected chi connectivity index (χ4v) is 2.86. The van der Waals surface area contributed by atoms with Crippen LogP contribution >= 0.6 is 0 Å². The molecule has 0 saturated heterocycles. The standard InChI is InChI=1S/C19H18FN3O3/c1-12-8-17(15-4-3-5-18(23(24)25)19(15)22-12)21-10-13-6-7-16(20)14(9-13)11-26-2/h3-9H,10-11H2,1-2H3,(H,21,22). The summed E-state index contributed by atoms with van der Waals surface area (Å²) in [5.41, 5.74) is 3.10. The average Bonchev–Trinajstić information content (AvgIpc) is 2.61. The molecule has 0 aliphatic rings. The number of anilines is 1. The van der Waals surface area contributed by atoms with E-state index < -0.39 is 4.92 Å². The van der Waals surface area contributed by atoms with Crippen molar-refractivity contribution >= 4 is 22.3 Å². The molecule has 0 saturated carbocycles. The van der Waals surface area contributed by atoms with Crippen LogP contribution in [0.4, 0.5) is 15.8 Å². The van der Waals surface area contributed by atoms with E-state index in [0.29, 0.717) is 28.7 Å². The maximum atomic E-state index is 13.7. The molecular formula is C19H18FN3O3. The van der Waals surface area contributed by atoms with Crippen molar-refractivity contribution in [3.8, 4) is 0 Å². The van der Waals surface area contributed by atoms with Crippen LogP contribution in [-0.2, 0) is 17.9 Å². The van der Waals surface area contributed by atoms with E-state index in [-0.39, 0.29) is 18.1 Å². The molecule has 1 aromatic heterocycles. The molecule has 0 unspecified atom stereocenters. The lowest BCUT2D eigenvalue weighted by molar-refractivity contribution is -0.383. The molecule has 0 amide bonds. The van der Waals surface area contributed by atoms with Crippen LogP contribution in [0.5, 0.6) is 0 Å². The second-order valence-electron chi connectivity index (χ2n) is 5.95. The van der Waals surface area contributed by atoms with E-state index >= 15 is 0 Å². The van der Waals surface area contributed by atoms with E-state index in [9.17, 15) is 14.5 Å². The molecule has 0 aliphatic carbocycles. The van der Waals surface area contributed by atoms with Gasteiger partial charge in [-0.25, -0.2) is 9.37 Å². The first-order valence-electron chi connectivity index (χ1n) is 8.04. The number of nitrogens with one attached hydrogen (secondary N) is 1. The quantitative estimate of drug-likeness (QED) is 0.525. The van der Waals surface area contributed by atoms with Crippen LogP contribution in [-0.4, -0.2) is 17.0 Å². The van der Waals surface area contributed by atoms with Gasteiger partial charge in [0.2, 0.25) is 0 Å². The molecule has 0 atom stereocenters. The van der Waals surface area contributed by atoms with Gasteiger partial charge < -0.3 is 10.1 Å². The number of pyridine rings is 1. The van der Waals surface area contributed by atoms with Crippen LogP contribution in [0.25, 0.3) is 10.9 Å². The smallest absolute Gasteiger partial charge is 0.295 e. The second-order valence-corrected chi connectivity index (χ2v) is 5.95. The van der Waals surface area contributed by atoms with E-state index in [1.807, 2.05) is 6.07 Å². The second kappa shape index (κ2) is 7.45. The van der Waals surface area contributed by atoms with Gasteiger partial charge in [-0.1, -0.05) is 18.2 Å². The van der Waals surface area contributed by atoms with Gasteiger partial charge in [0.1, 0.15) is 5.82 Å². The zero-order valence-electron chi connectivity index (χ0n) is 14.5.